The lowest BCUT2D eigenvalue weighted by molar-refractivity contribution is 0.246. The van der Waals surface area contributed by atoms with Gasteiger partial charge in [-0.3, -0.25) is 4.90 Å². The standard InChI is InChI=1S/C12H16FN/c1-10-7-12(13)9-14(10)8-11-5-3-2-4-6-11/h2-6,10,12H,7-9H2,1H3. The first-order valence-corrected chi connectivity index (χ1v) is 5.18. The Balaban J connectivity index is 1.98. The molecule has 1 aliphatic heterocycles. The molecule has 0 amide bonds. The fourth-order valence-corrected chi connectivity index (χ4v) is 2.07. The van der Waals surface area contributed by atoms with Crippen LogP contribution in [0.1, 0.15) is 18.9 Å². The Morgan fingerprint density at radius 3 is 2.64 bits per heavy atom. The van der Waals surface area contributed by atoms with Crippen molar-refractivity contribution in [2.75, 3.05) is 6.54 Å². The summed E-state index contributed by atoms with van der Waals surface area (Å²) in [6.07, 6.45) is 0.0565. The molecule has 0 aromatic heterocycles. The Kier molecular flexibility index (Phi) is 2.82. The number of nitrogens with zero attached hydrogens (tertiary/aromatic N) is 1. The van der Waals surface area contributed by atoms with Gasteiger partial charge in [0.25, 0.3) is 0 Å². The number of hydrogen-bond donors (Lipinski definition) is 0. The molecule has 1 fully saturated rings. The molecule has 1 saturated heterocycles. The summed E-state index contributed by atoms with van der Waals surface area (Å²) in [5.41, 5.74) is 1.27. The molecule has 1 aromatic carbocycles. The van der Waals surface area contributed by atoms with E-state index in [2.05, 4.69) is 24.0 Å². The van der Waals surface area contributed by atoms with Gasteiger partial charge in [0, 0.05) is 19.1 Å². The van der Waals surface area contributed by atoms with Gasteiger partial charge in [0.05, 0.1) is 0 Å². The van der Waals surface area contributed by atoms with Crippen LogP contribution in [0.5, 0.6) is 0 Å². The minimum absolute atomic E-state index is 0.380. The predicted octanol–water partition coefficient (Wildman–Crippen LogP) is 2.62. The lowest BCUT2D eigenvalue weighted by Gasteiger charge is -2.20. The van der Waals surface area contributed by atoms with Crippen LogP contribution in [0.25, 0.3) is 0 Å². The molecular weight excluding hydrogens is 177 g/mol. The Hall–Kier alpha value is -0.890. The molecule has 0 radical (unpaired) electrons. The third kappa shape index (κ3) is 2.13. The van der Waals surface area contributed by atoms with Crippen LogP contribution in [-0.4, -0.2) is 23.7 Å². The molecule has 14 heavy (non-hydrogen) atoms. The summed E-state index contributed by atoms with van der Waals surface area (Å²) in [7, 11) is 0. The van der Waals surface area contributed by atoms with E-state index in [1.54, 1.807) is 0 Å². The zero-order valence-electron chi connectivity index (χ0n) is 8.49. The number of hydrogen-bond acceptors (Lipinski definition) is 1. The second-order valence-electron chi connectivity index (χ2n) is 4.10. The molecule has 0 aliphatic carbocycles. The fourth-order valence-electron chi connectivity index (χ4n) is 2.07. The lowest BCUT2D eigenvalue weighted by Crippen LogP contribution is -2.26. The van der Waals surface area contributed by atoms with Gasteiger partial charge in [-0.15, -0.1) is 0 Å². The molecule has 76 valence electrons. The second kappa shape index (κ2) is 4.09. The summed E-state index contributed by atoms with van der Waals surface area (Å²) in [6, 6.07) is 10.6. The van der Waals surface area contributed by atoms with Gasteiger partial charge in [0.1, 0.15) is 6.17 Å². The van der Waals surface area contributed by atoms with Crippen molar-refractivity contribution in [2.24, 2.45) is 0 Å². The molecule has 0 N–H and O–H groups in total. The number of benzene rings is 1. The van der Waals surface area contributed by atoms with Crippen LogP contribution in [-0.2, 0) is 6.54 Å². The van der Waals surface area contributed by atoms with E-state index in [0.717, 1.165) is 6.54 Å². The number of halogens is 1. The van der Waals surface area contributed by atoms with Crippen molar-refractivity contribution >= 4 is 0 Å². The van der Waals surface area contributed by atoms with Crippen molar-refractivity contribution in [1.29, 1.82) is 0 Å². The van der Waals surface area contributed by atoms with Crippen LogP contribution >= 0.6 is 0 Å². The average molecular weight is 193 g/mol. The minimum atomic E-state index is -0.631. The molecule has 0 bridgehead atoms. The van der Waals surface area contributed by atoms with Gasteiger partial charge in [-0.1, -0.05) is 30.3 Å². The molecule has 0 saturated carbocycles. The largest absolute Gasteiger partial charge is 0.293 e. The van der Waals surface area contributed by atoms with Crippen LogP contribution in [0.4, 0.5) is 4.39 Å². The van der Waals surface area contributed by atoms with Crippen molar-refractivity contribution in [3.05, 3.63) is 35.9 Å². The smallest absolute Gasteiger partial charge is 0.114 e. The maximum absolute atomic E-state index is 13.1. The predicted molar refractivity (Wildman–Crippen MR) is 55.8 cm³/mol. The first-order valence-electron chi connectivity index (χ1n) is 5.18. The van der Waals surface area contributed by atoms with Crippen LogP contribution < -0.4 is 0 Å². The quantitative estimate of drug-likeness (QED) is 0.698. The lowest BCUT2D eigenvalue weighted by atomic mass is 10.2. The number of alkyl halides is 1. The van der Waals surface area contributed by atoms with Crippen molar-refractivity contribution in [1.82, 2.24) is 4.90 Å². The molecule has 2 unspecified atom stereocenters. The highest BCUT2D eigenvalue weighted by atomic mass is 19.1. The summed E-state index contributed by atoms with van der Waals surface area (Å²) in [5, 5.41) is 0. The Labute approximate surface area is 84.5 Å². The first-order chi connectivity index (χ1) is 6.75. The van der Waals surface area contributed by atoms with Gasteiger partial charge in [-0.25, -0.2) is 4.39 Å². The molecule has 1 nitrogen and oxygen atoms in total. The normalized spacial score (nSPS) is 28.1. The summed E-state index contributed by atoms with van der Waals surface area (Å²) >= 11 is 0. The molecule has 0 spiro atoms. The minimum Gasteiger partial charge on any atom is -0.293 e. The van der Waals surface area contributed by atoms with Crippen molar-refractivity contribution in [3.8, 4) is 0 Å². The van der Waals surface area contributed by atoms with Crippen molar-refractivity contribution in [2.45, 2.75) is 32.1 Å². The third-order valence-corrected chi connectivity index (χ3v) is 2.88. The molecule has 1 heterocycles. The maximum atomic E-state index is 13.1. The maximum Gasteiger partial charge on any atom is 0.114 e. The monoisotopic (exact) mass is 193 g/mol. The van der Waals surface area contributed by atoms with E-state index in [4.69, 9.17) is 0 Å². The highest BCUT2D eigenvalue weighted by Gasteiger charge is 2.28. The first kappa shape index (κ1) is 9.66. The van der Waals surface area contributed by atoms with Gasteiger partial charge in [-0.05, 0) is 18.9 Å². The van der Waals surface area contributed by atoms with Gasteiger partial charge in [-0.2, -0.15) is 0 Å². The third-order valence-electron chi connectivity index (χ3n) is 2.88. The van der Waals surface area contributed by atoms with Gasteiger partial charge in [0.15, 0.2) is 0 Å². The molecule has 2 heteroatoms. The number of likely N-dealkylation sites (tertiary alicyclic amines) is 1. The SMILES string of the molecule is CC1CC(F)CN1Cc1ccccc1. The Morgan fingerprint density at radius 2 is 2.07 bits per heavy atom. The van der Waals surface area contributed by atoms with Crippen LogP contribution in [0.15, 0.2) is 30.3 Å². The van der Waals surface area contributed by atoms with E-state index in [9.17, 15) is 4.39 Å². The molecule has 2 atom stereocenters. The second-order valence-corrected chi connectivity index (χ2v) is 4.10. The van der Waals surface area contributed by atoms with E-state index in [0.29, 0.717) is 19.0 Å². The fraction of sp³-hybridized carbons (Fsp3) is 0.500. The van der Waals surface area contributed by atoms with E-state index < -0.39 is 6.17 Å². The summed E-state index contributed by atoms with van der Waals surface area (Å²) in [6.45, 7) is 3.57. The molecule has 2 rings (SSSR count). The molecule has 1 aliphatic rings. The highest BCUT2D eigenvalue weighted by molar-refractivity contribution is 5.14. The van der Waals surface area contributed by atoms with Gasteiger partial charge >= 0.3 is 0 Å². The van der Waals surface area contributed by atoms with Gasteiger partial charge in [0.2, 0.25) is 0 Å². The van der Waals surface area contributed by atoms with E-state index in [1.165, 1.54) is 5.56 Å². The number of rotatable bonds is 2. The van der Waals surface area contributed by atoms with Crippen LogP contribution in [0, 0.1) is 0 Å². The van der Waals surface area contributed by atoms with Crippen LogP contribution in [0.2, 0.25) is 0 Å². The van der Waals surface area contributed by atoms with E-state index in [1.807, 2.05) is 18.2 Å². The van der Waals surface area contributed by atoms with Crippen LogP contribution in [0.3, 0.4) is 0 Å². The Morgan fingerprint density at radius 1 is 1.36 bits per heavy atom. The topological polar surface area (TPSA) is 3.24 Å². The molecular formula is C12H16FN. The highest BCUT2D eigenvalue weighted by Crippen LogP contribution is 2.21. The van der Waals surface area contributed by atoms with Gasteiger partial charge < -0.3 is 0 Å². The zero-order valence-corrected chi connectivity index (χ0v) is 8.49. The molecule has 1 aromatic rings. The van der Waals surface area contributed by atoms with Crippen molar-refractivity contribution in [3.63, 3.8) is 0 Å². The van der Waals surface area contributed by atoms with Crippen molar-refractivity contribution < 1.29 is 4.39 Å². The summed E-state index contributed by atoms with van der Waals surface area (Å²) in [4.78, 5) is 2.21. The summed E-state index contributed by atoms with van der Waals surface area (Å²) in [5.74, 6) is 0. The Bertz CT molecular complexity index is 286. The zero-order chi connectivity index (χ0) is 9.97. The van der Waals surface area contributed by atoms with E-state index >= 15 is 0 Å². The van der Waals surface area contributed by atoms with E-state index in [-0.39, 0.29) is 0 Å². The average Bonchev–Trinajstić information content (AvgIpc) is 2.47. The summed E-state index contributed by atoms with van der Waals surface area (Å²) < 4.78 is 13.1.